The highest BCUT2D eigenvalue weighted by molar-refractivity contribution is 7.07. The number of nitrogens with zero attached hydrogens (tertiary/aromatic N) is 3. The van der Waals surface area contributed by atoms with E-state index in [1.165, 1.54) is 4.57 Å². The van der Waals surface area contributed by atoms with E-state index in [-0.39, 0.29) is 11.1 Å². The van der Waals surface area contributed by atoms with Crippen molar-refractivity contribution in [3.05, 3.63) is 54.4 Å². The van der Waals surface area contributed by atoms with Gasteiger partial charge in [-0.05, 0) is 37.1 Å². The molecule has 0 saturated carbocycles. The summed E-state index contributed by atoms with van der Waals surface area (Å²) in [5.74, 6) is 0. The highest BCUT2D eigenvalue weighted by Crippen LogP contribution is 2.09. The Morgan fingerprint density at radius 1 is 1.32 bits per heavy atom. The normalized spacial score (nSPS) is 11.1. The molecule has 1 heterocycles. The van der Waals surface area contributed by atoms with Gasteiger partial charge in [0.15, 0.2) is 5.57 Å². The second-order valence-electron chi connectivity index (χ2n) is 5.07. The topological polar surface area (TPSA) is 78.8 Å². The van der Waals surface area contributed by atoms with Crippen LogP contribution in [0.3, 0.4) is 0 Å². The second kappa shape index (κ2) is 9.19. The van der Waals surface area contributed by atoms with Gasteiger partial charge >= 0.3 is 0 Å². The van der Waals surface area contributed by atoms with Crippen molar-refractivity contribution in [2.45, 2.75) is 19.9 Å². The number of aromatic nitrogens is 1. The molecule has 0 aliphatic carbocycles. The highest BCUT2D eigenvalue weighted by atomic mass is 35.5. The lowest BCUT2D eigenvalue weighted by Gasteiger charge is -2.02. The maximum atomic E-state index is 12.7. The average Bonchev–Trinajstić information content (AvgIpc) is 2.91. The lowest BCUT2D eigenvalue weighted by Crippen LogP contribution is -2.32. The summed E-state index contributed by atoms with van der Waals surface area (Å²) in [5, 5.41) is 18.9. The van der Waals surface area contributed by atoms with Crippen LogP contribution in [0.5, 0.6) is 0 Å². The average molecular weight is 374 g/mol. The maximum Gasteiger partial charge on any atom is 0.269 e. The third-order valence-corrected chi connectivity index (χ3v) is 4.77. The van der Waals surface area contributed by atoms with Crippen molar-refractivity contribution in [3.8, 4) is 12.1 Å². The minimum atomic E-state index is -0.213. The standard InChI is InChI=1S/C18H16ClN3O2S/c1-2-24-9-3-8-22-17(23)16(25-18(22)14(11-20)12-21)10-13-4-6-15(19)7-5-13/h4-7,10H,2-3,8-9H2,1H3. The monoisotopic (exact) mass is 373 g/mol. The van der Waals surface area contributed by atoms with Gasteiger partial charge in [-0.3, -0.25) is 9.36 Å². The van der Waals surface area contributed by atoms with Gasteiger partial charge in [0.05, 0.1) is 4.53 Å². The van der Waals surface area contributed by atoms with E-state index in [2.05, 4.69) is 0 Å². The Bertz CT molecular complexity index is 975. The molecule has 2 rings (SSSR count). The lowest BCUT2D eigenvalue weighted by atomic mass is 10.2. The summed E-state index contributed by atoms with van der Waals surface area (Å²) in [6, 6.07) is 10.8. The molecule has 2 aromatic rings. The molecule has 0 saturated heterocycles. The van der Waals surface area contributed by atoms with Crippen molar-refractivity contribution in [1.82, 2.24) is 4.57 Å². The van der Waals surface area contributed by atoms with Gasteiger partial charge in [-0.2, -0.15) is 10.5 Å². The Hall–Kier alpha value is -2.38. The minimum absolute atomic E-state index is 0.0609. The summed E-state index contributed by atoms with van der Waals surface area (Å²) in [5.41, 5.74) is 0.551. The smallest absolute Gasteiger partial charge is 0.269 e. The molecule has 0 aliphatic rings. The zero-order valence-corrected chi connectivity index (χ0v) is 15.2. The van der Waals surface area contributed by atoms with Crippen molar-refractivity contribution in [1.29, 1.82) is 10.5 Å². The summed E-state index contributed by atoms with van der Waals surface area (Å²) in [7, 11) is 0. The Kier molecular flexibility index (Phi) is 6.97. The molecule has 0 aliphatic heterocycles. The Morgan fingerprint density at radius 2 is 2.00 bits per heavy atom. The molecule has 128 valence electrons. The van der Waals surface area contributed by atoms with Gasteiger partial charge in [-0.1, -0.05) is 23.7 Å². The van der Waals surface area contributed by atoms with E-state index in [4.69, 9.17) is 26.9 Å². The van der Waals surface area contributed by atoms with Crippen LogP contribution in [0.15, 0.2) is 29.1 Å². The number of hydrogen-bond donors (Lipinski definition) is 0. The van der Waals surface area contributed by atoms with E-state index < -0.39 is 0 Å². The van der Waals surface area contributed by atoms with Crippen LogP contribution in [0.2, 0.25) is 5.02 Å². The first-order valence-electron chi connectivity index (χ1n) is 7.70. The summed E-state index contributed by atoms with van der Waals surface area (Å²) in [4.78, 5) is 12.7. The lowest BCUT2D eigenvalue weighted by molar-refractivity contribution is 0.141. The number of hydrogen-bond acceptors (Lipinski definition) is 5. The Balaban J connectivity index is 2.55. The first-order chi connectivity index (χ1) is 12.1. The fourth-order valence-electron chi connectivity index (χ4n) is 2.21. The zero-order valence-electron chi connectivity index (χ0n) is 13.7. The van der Waals surface area contributed by atoms with Gasteiger partial charge in [-0.25, -0.2) is 0 Å². The van der Waals surface area contributed by atoms with Gasteiger partial charge in [0, 0.05) is 24.8 Å². The zero-order chi connectivity index (χ0) is 18.2. The second-order valence-corrected chi connectivity index (χ2v) is 6.54. The van der Waals surface area contributed by atoms with Gasteiger partial charge in [0.2, 0.25) is 0 Å². The van der Waals surface area contributed by atoms with E-state index in [9.17, 15) is 4.79 Å². The van der Waals surface area contributed by atoms with Crippen LogP contribution < -0.4 is 14.8 Å². The van der Waals surface area contributed by atoms with Gasteiger partial charge in [-0.15, -0.1) is 11.3 Å². The number of halogens is 1. The van der Waals surface area contributed by atoms with E-state index in [1.807, 2.05) is 19.1 Å². The molecular weight excluding hydrogens is 358 g/mol. The van der Waals surface area contributed by atoms with Crippen LogP contribution >= 0.6 is 22.9 Å². The van der Waals surface area contributed by atoms with Crippen LogP contribution in [-0.2, 0) is 11.3 Å². The van der Waals surface area contributed by atoms with Crippen LogP contribution in [0.4, 0.5) is 0 Å². The molecule has 0 atom stereocenters. The van der Waals surface area contributed by atoms with E-state index in [0.717, 1.165) is 16.9 Å². The third-order valence-electron chi connectivity index (χ3n) is 3.39. The predicted molar refractivity (Wildman–Crippen MR) is 98.6 cm³/mol. The summed E-state index contributed by atoms with van der Waals surface area (Å²) in [6.07, 6.45) is 2.36. The van der Waals surface area contributed by atoms with Crippen LogP contribution in [0.1, 0.15) is 18.9 Å². The molecule has 0 radical (unpaired) electrons. The fourth-order valence-corrected chi connectivity index (χ4v) is 3.41. The van der Waals surface area contributed by atoms with Crippen molar-refractivity contribution < 1.29 is 4.74 Å². The molecule has 0 amide bonds. The molecule has 1 aromatic carbocycles. The number of benzene rings is 1. The highest BCUT2D eigenvalue weighted by Gasteiger charge is 2.09. The van der Waals surface area contributed by atoms with E-state index >= 15 is 0 Å². The van der Waals surface area contributed by atoms with Crippen LogP contribution in [0, 0.1) is 22.7 Å². The van der Waals surface area contributed by atoms with Crippen LogP contribution in [0.25, 0.3) is 11.6 Å². The van der Waals surface area contributed by atoms with Gasteiger partial charge < -0.3 is 4.74 Å². The fraction of sp³-hybridized carbons (Fsp3) is 0.278. The molecule has 7 heteroatoms. The van der Waals surface area contributed by atoms with Crippen molar-refractivity contribution in [2.24, 2.45) is 0 Å². The minimum Gasteiger partial charge on any atom is -0.382 e. The SMILES string of the molecule is CCOCCCn1c(=C(C#N)C#N)sc(=Cc2ccc(Cl)cc2)c1=O. The molecule has 5 nitrogen and oxygen atoms in total. The quantitative estimate of drug-likeness (QED) is 0.725. The number of thiazole rings is 1. The van der Waals surface area contributed by atoms with Crippen molar-refractivity contribution in [2.75, 3.05) is 13.2 Å². The van der Waals surface area contributed by atoms with Crippen molar-refractivity contribution in [3.63, 3.8) is 0 Å². The number of rotatable bonds is 6. The molecule has 0 spiro atoms. The Morgan fingerprint density at radius 3 is 2.60 bits per heavy atom. The molecule has 0 fully saturated rings. The number of ether oxygens (including phenoxy) is 1. The summed E-state index contributed by atoms with van der Waals surface area (Å²) < 4.78 is 7.62. The predicted octanol–water partition coefficient (Wildman–Crippen LogP) is 2.02. The molecule has 0 bridgehead atoms. The third kappa shape index (κ3) is 4.80. The maximum absolute atomic E-state index is 12.7. The largest absolute Gasteiger partial charge is 0.382 e. The number of nitriles is 2. The molecule has 25 heavy (non-hydrogen) atoms. The van der Waals surface area contributed by atoms with Crippen LogP contribution in [-0.4, -0.2) is 17.8 Å². The van der Waals surface area contributed by atoms with Gasteiger partial charge in [0.1, 0.15) is 16.8 Å². The molecule has 0 N–H and O–H groups in total. The molecule has 0 unspecified atom stereocenters. The summed E-state index contributed by atoms with van der Waals surface area (Å²) >= 11 is 7.02. The van der Waals surface area contributed by atoms with E-state index in [0.29, 0.717) is 40.4 Å². The molecular formula is C18H16ClN3O2S. The Labute approximate surface area is 154 Å². The first kappa shape index (κ1) is 19.0. The molecule has 1 aromatic heterocycles. The van der Waals surface area contributed by atoms with Crippen molar-refractivity contribution >= 4 is 34.6 Å². The first-order valence-corrected chi connectivity index (χ1v) is 8.89. The van der Waals surface area contributed by atoms with Gasteiger partial charge in [0.25, 0.3) is 5.56 Å². The summed E-state index contributed by atoms with van der Waals surface area (Å²) in [6.45, 7) is 3.42. The van der Waals surface area contributed by atoms with E-state index in [1.54, 1.807) is 30.3 Å².